The molecule has 1 atom stereocenters. The van der Waals surface area contributed by atoms with Crippen LogP contribution in [0.1, 0.15) is 26.6 Å². The molecule has 0 aliphatic heterocycles. The number of fused-ring (bicyclic) bond motifs is 1. The zero-order valence-corrected chi connectivity index (χ0v) is 12.7. The van der Waals surface area contributed by atoms with E-state index in [0.29, 0.717) is 16.9 Å². The second kappa shape index (κ2) is 6.47. The van der Waals surface area contributed by atoms with Crippen molar-refractivity contribution < 1.29 is 13.2 Å². The summed E-state index contributed by atoms with van der Waals surface area (Å²) in [7, 11) is 0. The van der Waals surface area contributed by atoms with Crippen LogP contribution < -0.4 is 5.32 Å². The Labute approximate surface area is 126 Å². The molecule has 0 saturated carbocycles. The van der Waals surface area contributed by atoms with Gasteiger partial charge in [0.05, 0.1) is 0 Å². The van der Waals surface area contributed by atoms with E-state index in [4.69, 9.17) is 0 Å². The van der Waals surface area contributed by atoms with E-state index in [9.17, 15) is 13.2 Å². The van der Waals surface area contributed by atoms with Crippen LogP contribution in [0.2, 0.25) is 0 Å². The van der Waals surface area contributed by atoms with Gasteiger partial charge in [-0.3, -0.25) is 4.90 Å². The number of nitrogens with one attached hydrogen (secondary N) is 1. The predicted octanol–water partition coefficient (Wildman–Crippen LogP) is 2.29. The first-order valence-corrected chi connectivity index (χ1v) is 7.14. The molecule has 0 aromatic carbocycles. The molecule has 1 N–H and O–H groups in total. The second-order valence-corrected chi connectivity index (χ2v) is 4.96. The van der Waals surface area contributed by atoms with Crippen LogP contribution in [0.3, 0.4) is 0 Å². The smallest absolute Gasteiger partial charge is 0.367 e. The van der Waals surface area contributed by atoms with E-state index >= 15 is 0 Å². The van der Waals surface area contributed by atoms with Crippen molar-refractivity contribution in [2.75, 3.05) is 25.0 Å². The molecule has 0 fully saturated rings. The number of hydrogen-bond acceptors (Lipinski definition) is 5. The first kappa shape index (κ1) is 16.5. The zero-order valence-electron chi connectivity index (χ0n) is 12.7. The van der Waals surface area contributed by atoms with E-state index in [0.717, 1.165) is 13.1 Å². The minimum atomic E-state index is -4.58. The van der Waals surface area contributed by atoms with E-state index < -0.39 is 12.0 Å². The molecule has 1 unspecified atom stereocenters. The lowest BCUT2D eigenvalue weighted by Crippen LogP contribution is -2.37. The number of likely N-dealkylation sites (N-methyl/N-ethyl adjacent to an activating group) is 1. The highest BCUT2D eigenvalue weighted by Gasteiger charge is 2.37. The maximum atomic E-state index is 12.8. The number of rotatable bonds is 6. The van der Waals surface area contributed by atoms with Gasteiger partial charge >= 0.3 is 6.18 Å². The van der Waals surface area contributed by atoms with Gasteiger partial charge in [-0.15, -0.1) is 15.3 Å². The fourth-order valence-corrected chi connectivity index (χ4v) is 2.29. The van der Waals surface area contributed by atoms with Gasteiger partial charge in [-0.25, -0.2) is 0 Å². The molecule has 0 aliphatic rings. The molecule has 0 saturated heterocycles. The first-order valence-electron chi connectivity index (χ1n) is 7.14. The third-order valence-corrected chi connectivity index (χ3v) is 3.53. The van der Waals surface area contributed by atoms with Gasteiger partial charge in [0.2, 0.25) is 0 Å². The highest BCUT2D eigenvalue weighted by Crippen LogP contribution is 2.27. The molecule has 0 radical (unpaired) electrons. The largest absolute Gasteiger partial charge is 0.453 e. The van der Waals surface area contributed by atoms with Crippen molar-refractivity contribution in [3.8, 4) is 0 Å². The number of halogens is 3. The van der Waals surface area contributed by atoms with Gasteiger partial charge < -0.3 is 5.32 Å². The fraction of sp³-hybridized carbons (Fsp3) is 0.615. The molecule has 2 aromatic rings. The molecule has 9 heteroatoms. The van der Waals surface area contributed by atoms with E-state index in [1.165, 1.54) is 6.07 Å². The summed E-state index contributed by atoms with van der Waals surface area (Å²) in [5.41, 5.74) is 0.0645. The lowest BCUT2D eigenvalue weighted by molar-refractivity contribution is -0.146. The zero-order chi connectivity index (χ0) is 16.3. The Bertz CT molecular complexity index is 620. The van der Waals surface area contributed by atoms with Crippen molar-refractivity contribution >= 4 is 11.5 Å². The van der Waals surface area contributed by atoms with E-state index in [2.05, 4.69) is 46.3 Å². The number of aromatic nitrogens is 4. The topological polar surface area (TPSA) is 58.3 Å². The summed E-state index contributed by atoms with van der Waals surface area (Å²) in [5, 5.41) is 13.6. The van der Waals surface area contributed by atoms with Gasteiger partial charge in [0, 0.05) is 12.6 Å². The van der Waals surface area contributed by atoms with Crippen LogP contribution in [0.5, 0.6) is 0 Å². The maximum absolute atomic E-state index is 12.8. The Morgan fingerprint density at radius 1 is 1.23 bits per heavy atom. The van der Waals surface area contributed by atoms with Crippen LogP contribution in [0.4, 0.5) is 19.0 Å². The van der Waals surface area contributed by atoms with Gasteiger partial charge in [-0.05, 0) is 32.1 Å². The summed E-state index contributed by atoms with van der Waals surface area (Å²) >= 11 is 0. The molecule has 0 amide bonds. The second-order valence-electron chi connectivity index (χ2n) is 4.96. The monoisotopic (exact) mass is 316 g/mol. The minimum Gasteiger partial charge on any atom is -0.367 e. The van der Waals surface area contributed by atoms with Crippen LogP contribution in [0.15, 0.2) is 12.1 Å². The standard InChI is InChI=1S/C13H19F3N6/c1-4-21(5-2)9(3)8-17-10-6-7-11-18-19-12(13(14,15)16)22(11)20-10/h6-7,9H,4-5,8H2,1-3H3,(H,17,20). The number of nitrogens with zero attached hydrogens (tertiary/aromatic N) is 5. The van der Waals surface area contributed by atoms with Gasteiger partial charge in [0.25, 0.3) is 5.82 Å². The van der Waals surface area contributed by atoms with Crippen molar-refractivity contribution in [1.29, 1.82) is 0 Å². The quantitative estimate of drug-likeness (QED) is 0.886. The van der Waals surface area contributed by atoms with Crippen molar-refractivity contribution in [3.05, 3.63) is 18.0 Å². The number of alkyl halides is 3. The SMILES string of the molecule is CCN(CC)C(C)CNc1ccc2nnc(C(F)(F)F)n2n1. The fourth-order valence-electron chi connectivity index (χ4n) is 2.29. The summed E-state index contributed by atoms with van der Waals surface area (Å²) in [6, 6.07) is 3.30. The molecule has 0 bridgehead atoms. The Morgan fingerprint density at radius 3 is 2.50 bits per heavy atom. The lowest BCUT2D eigenvalue weighted by Gasteiger charge is -2.26. The van der Waals surface area contributed by atoms with E-state index in [-0.39, 0.29) is 11.7 Å². The van der Waals surface area contributed by atoms with Crippen molar-refractivity contribution in [3.63, 3.8) is 0 Å². The maximum Gasteiger partial charge on any atom is 0.453 e. The van der Waals surface area contributed by atoms with Crippen molar-refractivity contribution in [2.45, 2.75) is 33.0 Å². The third-order valence-electron chi connectivity index (χ3n) is 3.53. The van der Waals surface area contributed by atoms with Crippen molar-refractivity contribution in [1.82, 2.24) is 24.7 Å². The van der Waals surface area contributed by atoms with E-state index in [1.807, 2.05) is 0 Å². The van der Waals surface area contributed by atoms with Crippen molar-refractivity contribution in [2.24, 2.45) is 0 Å². The molecule has 22 heavy (non-hydrogen) atoms. The molecule has 122 valence electrons. The average Bonchev–Trinajstić information content (AvgIpc) is 2.89. The molecule has 6 nitrogen and oxygen atoms in total. The lowest BCUT2D eigenvalue weighted by atomic mass is 10.3. The number of anilines is 1. The van der Waals surface area contributed by atoms with Crippen LogP contribution in [0.25, 0.3) is 5.65 Å². The molecule has 2 aromatic heterocycles. The van der Waals surface area contributed by atoms with Gasteiger partial charge in [-0.1, -0.05) is 13.8 Å². The number of hydrogen-bond donors (Lipinski definition) is 1. The van der Waals surface area contributed by atoms with Crippen LogP contribution in [0, 0.1) is 0 Å². The van der Waals surface area contributed by atoms with Crippen LogP contribution in [-0.4, -0.2) is 50.4 Å². The average molecular weight is 316 g/mol. The summed E-state index contributed by atoms with van der Waals surface area (Å²) in [5.74, 6) is -0.764. The molecule has 2 rings (SSSR count). The Hall–Kier alpha value is -1.90. The highest BCUT2D eigenvalue weighted by molar-refractivity contribution is 5.44. The van der Waals surface area contributed by atoms with Crippen LogP contribution >= 0.6 is 0 Å². The van der Waals surface area contributed by atoms with Crippen LogP contribution in [-0.2, 0) is 6.18 Å². The highest BCUT2D eigenvalue weighted by atomic mass is 19.4. The molecular weight excluding hydrogens is 297 g/mol. The summed E-state index contributed by atoms with van der Waals surface area (Å²) in [4.78, 5) is 2.24. The van der Waals surface area contributed by atoms with Gasteiger partial charge in [-0.2, -0.15) is 17.7 Å². The molecule has 2 heterocycles. The van der Waals surface area contributed by atoms with E-state index in [1.54, 1.807) is 6.07 Å². The summed E-state index contributed by atoms with van der Waals surface area (Å²) in [6.45, 7) is 8.60. The van der Waals surface area contributed by atoms with Gasteiger partial charge in [0.1, 0.15) is 5.82 Å². The molecular formula is C13H19F3N6. The van der Waals surface area contributed by atoms with Gasteiger partial charge in [0.15, 0.2) is 5.65 Å². The predicted molar refractivity (Wildman–Crippen MR) is 76.7 cm³/mol. The summed E-state index contributed by atoms with van der Waals surface area (Å²) in [6.07, 6.45) is -4.58. The first-order chi connectivity index (χ1) is 10.4. The molecule has 0 aliphatic carbocycles. The third kappa shape index (κ3) is 3.46. The Kier molecular flexibility index (Phi) is 4.84. The minimum absolute atomic E-state index is 0.0645. The normalized spacial score (nSPS) is 13.8. The Morgan fingerprint density at radius 2 is 1.91 bits per heavy atom. The Balaban J connectivity index is 2.16. The summed E-state index contributed by atoms with van der Waals surface area (Å²) < 4.78 is 39.1. The molecule has 0 spiro atoms.